The summed E-state index contributed by atoms with van der Waals surface area (Å²) >= 11 is 0. The Labute approximate surface area is 429 Å². The van der Waals surface area contributed by atoms with Crippen LogP contribution >= 0.6 is 0 Å². The fourth-order valence-electron chi connectivity index (χ4n) is 12.8. The van der Waals surface area contributed by atoms with Crippen molar-refractivity contribution in [3.8, 4) is 35.4 Å². The minimum atomic E-state index is -1.06. The average molecular weight is 1020 g/mol. The summed E-state index contributed by atoms with van der Waals surface area (Å²) in [5, 5.41) is 20.9. The number of phenols is 1. The largest absolute Gasteiger partial charge is 0.508 e. The third-order valence-electron chi connectivity index (χ3n) is 16.3. The predicted octanol–water partition coefficient (Wildman–Crippen LogP) is 5.65. The number of rotatable bonds is 12. The Balaban J connectivity index is 0.710. The van der Waals surface area contributed by atoms with Gasteiger partial charge in [-0.2, -0.15) is 9.97 Å². The van der Waals surface area contributed by atoms with E-state index in [0.29, 0.717) is 74.4 Å². The Morgan fingerprint density at radius 3 is 2.63 bits per heavy atom. The van der Waals surface area contributed by atoms with Crippen LogP contribution in [0.2, 0.25) is 0 Å². The lowest BCUT2D eigenvalue weighted by Crippen LogP contribution is -2.54. The number of piperazine rings is 1. The zero-order chi connectivity index (χ0) is 51.9. The van der Waals surface area contributed by atoms with Gasteiger partial charge in [0.1, 0.15) is 47.9 Å². The highest BCUT2D eigenvalue weighted by molar-refractivity contribution is 6.25. The molecule has 6 atom stereocenters. The number of likely N-dealkylation sites (tertiary alicyclic amines) is 1. The van der Waals surface area contributed by atoms with Gasteiger partial charge in [-0.15, -0.1) is 6.42 Å². The van der Waals surface area contributed by atoms with Gasteiger partial charge in [-0.25, -0.2) is 13.6 Å². The molecular formula is C55H54F2N10O8. The van der Waals surface area contributed by atoms with Crippen molar-refractivity contribution in [3.63, 3.8) is 0 Å². The molecule has 0 radical (unpaired) electrons. The maximum absolute atomic E-state index is 17.3. The molecule has 0 aliphatic carbocycles. The number of aromatic hydroxyl groups is 1. The molecule has 2 aromatic heterocycles. The standard InChI is InChI=1S/C55H54F2N10O8/c1-3-36-40(56)10-7-31-19-35(68)20-38(44(31)36)47-46(57)48-39(22-59-47)49(65-25-32-8-9-33(26-65)60-32)63-53(62-48)75-28-55-16-13-34(66(55)23-29(2)21-55)27-74-54(73)64-18-15-30(24-64)14-17-58-41-6-4-5-37-45(41)52(72)67(51(37)71)42-11-12-43(69)61-50(42)70/h1,4-7,10,19-20,22,30,32-34,42,58,60,68H,2,8-9,11-18,21,23-28H2,(H,61,69,70)/t30?,32?,33?,34-,42?,55-/m0/s1. The summed E-state index contributed by atoms with van der Waals surface area (Å²) in [4.78, 5) is 86.0. The van der Waals surface area contributed by atoms with E-state index in [9.17, 15) is 29.1 Å². The maximum atomic E-state index is 17.3. The Bertz CT molecular complexity index is 3320. The van der Waals surface area contributed by atoms with Gasteiger partial charge in [0.05, 0.1) is 27.6 Å². The number of carbonyl (C=O) groups excluding carboxylic acids is 5. The second kappa shape index (κ2) is 18.9. The zero-order valence-electron chi connectivity index (χ0n) is 41.0. The summed E-state index contributed by atoms with van der Waals surface area (Å²) in [5.41, 5.74) is 1.20. The summed E-state index contributed by atoms with van der Waals surface area (Å²) in [5.74, 6) is -0.856. The fraction of sp³-hybridized carbons (Fsp3) is 0.418. The first kappa shape index (κ1) is 48.2. The lowest BCUT2D eigenvalue weighted by atomic mass is 9.94. The van der Waals surface area contributed by atoms with Crippen molar-refractivity contribution in [1.82, 2.24) is 40.3 Å². The number of anilines is 2. The maximum Gasteiger partial charge on any atom is 0.409 e. The van der Waals surface area contributed by atoms with Gasteiger partial charge in [0.15, 0.2) is 5.82 Å². The number of terminal acetylenes is 1. The smallest absolute Gasteiger partial charge is 0.409 e. The number of hydrogen-bond acceptors (Lipinski definition) is 15. The third kappa shape index (κ3) is 8.51. The number of nitrogens with zero attached hydrogens (tertiary/aromatic N) is 7. The van der Waals surface area contributed by atoms with Crippen molar-refractivity contribution >= 4 is 62.9 Å². The molecule has 4 N–H and O–H groups in total. The van der Waals surface area contributed by atoms with E-state index in [0.717, 1.165) is 42.6 Å². The van der Waals surface area contributed by atoms with Crippen LogP contribution in [0.3, 0.4) is 0 Å². The fourth-order valence-corrected chi connectivity index (χ4v) is 12.8. The van der Waals surface area contributed by atoms with Gasteiger partial charge in [0, 0.05) is 86.6 Å². The molecule has 5 aromatic rings. The predicted molar refractivity (Wildman–Crippen MR) is 271 cm³/mol. The molecule has 12 rings (SSSR count). The number of phenolic OH excluding ortho intramolecular Hbond substituents is 1. The molecule has 7 aliphatic rings. The number of carbonyl (C=O) groups is 5. The number of benzene rings is 3. The van der Waals surface area contributed by atoms with Gasteiger partial charge >= 0.3 is 12.1 Å². The van der Waals surface area contributed by atoms with E-state index >= 15 is 8.78 Å². The molecule has 0 saturated carbocycles. The average Bonchev–Trinajstić information content (AvgIpc) is 4.21. The number of ether oxygens (including phenoxy) is 2. The van der Waals surface area contributed by atoms with Gasteiger partial charge in [-0.3, -0.25) is 39.3 Å². The summed E-state index contributed by atoms with van der Waals surface area (Å²) < 4.78 is 44.9. The Morgan fingerprint density at radius 2 is 1.83 bits per heavy atom. The van der Waals surface area contributed by atoms with Crippen molar-refractivity contribution < 1.29 is 47.3 Å². The summed E-state index contributed by atoms with van der Waals surface area (Å²) in [6.07, 6.45) is 12.5. The number of imide groups is 2. The zero-order valence-corrected chi connectivity index (χ0v) is 41.0. The molecule has 5 amide bonds. The van der Waals surface area contributed by atoms with Crippen molar-refractivity contribution in [2.24, 2.45) is 5.92 Å². The number of halogens is 2. The van der Waals surface area contributed by atoms with Gasteiger partial charge in [0.25, 0.3) is 11.8 Å². The Morgan fingerprint density at radius 1 is 1.00 bits per heavy atom. The lowest BCUT2D eigenvalue weighted by molar-refractivity contribution is -0.136. The first-order chi connectivity index (χ1) is 36.2. The van der Waals surface area contributed by atoms with Crippen molar-refractivity contribution in [1.29, 1.82) is 0 Å². The van der Waals surface area contributed by atoms with E-state index in [1.807, 2.05) is 0 Å². The van der Waals surface area contributed by atoms with E-state index in [1.165, 1.54) is 30.5 Å². The molecule has 386 valence electrons. The molecule has 7 aliphatic heterocycles. The molecular weight excluding hydrogens is 967 g/mol. The Hall–Kier alpha value is -7.76. The van der Waals surface area contributed by atoms with Crippen LogP contribution in [0.15, 0.2) is 60.8 Å². The molecule has 0 spiro atoms. The van der Waals surface area contributed by atoms with Crippen molar-refractivity contribution in [3.05, 3.63) is 89.1 Å². The highest BCUT2D eigenvalue weighted by atomic mass is 19.1. The van der Waals surface area contributed by atoms with E-state index in [4.69, 9.17) is 25.9 Å². The van der Waals surface area contributed by atoms with Crippen molar-refractivity contribution in [2.45, 2.75) is 87.5 Å². The van der Waals surface area contributed by atoms with Gasteiger partial charge in [-0.1, -0.05) is 30.2 Å². The van der Waals surface area contributed by atoms with Crippen molar-refractivity contribution in [2.75, 3.05) is 62.7 Å². The SMILES string of the molecule is C#Cc1c(F)ccc2cc(O)cc(-c3ncc4c(N5CC6CCC(C5)N6)nc(OC[C@@]56CC[C@@H](COC(=O)N7CCC(CCNc8cccc9c8C(=O)N(C8CCC(=O)NC8=O)C9=O)C7)N5CC(=C)C6)nc4c3F)c12. The normalized spacial score (nSPS) is 25.3. The molecule has 18 nitrogen and oxygen atoms in total. The lowest BCUT2D eigenvalue weighted by Gasteiger charge is -2.35. The number of amides is 5. The molecule has 75 heavy (non-hydrogen) atoms. The minimum absolute atomic E-state index is 0.0243. The monoisotopic (exact) mass is 1020 g/mol. The van der Waals surface area contributed by atoms with Crippen LogP contribution in [0.4, 0.5) is 25.1 Å². The first-order valence-electron chi connectivity index (χ1n) is 25.6. The first-order valence-corrected chi connectivity index (χ1v) is 25.6. The molecule has 20 heteroatoms. The molecule has 3 aromatic carbocycles. The Kier molecular flexibility index (Phi) is 12.1. The number of nitrogens with one attached hydrogen (secondary N) is 3. The van der Waals surface area contributed by atoms with Crippen LogP contribution in [-0.2, 0) is 14.3 Å². The molecule has 6 saturated heterocycles. The van der Waals surface area contributed by atoms with Gasteiger partial charge in [-0.05, 0) is 93.0 Å². The third-order valence-corrected chi connectivity index (χ3v) is 16.3. The number of aromatic nitrogens is 3. The number of pyridine rings is 1. The van der Waals surface area contributed by atoms with Crippen LogP contribution in [0, 0.1) is 29.9 Å². The van der Waals surface area contributed by atoms with E-state index in [-0.39, 0.29) is 101 Å². The second-order valence-corrected chi connectivity index (χ2v) is 21.0. The highest BCUT2D eigenvalue weighted by Crippen LogP contribution is 2.45. The summed E-state index contributed by atoms with van der Waals surface area (Å²) in [6, 6.07) is 9.67. The summed E-state index contributed by atoms with van der Waals surface area (Å²) in [7, 11) is 0. The van der Waals surface area contributed by atoms with Crippen LogP contribution < -0.4 is 25.6 Å². The van der Waals surface area contributed by atoms with E-state index in [2.05, 4.69) is 43.2 Å². The van der Waals surface area contributed by atoms with Gasteiger partial charge < -0.3 is 35.0 Å². The number of hydrogen-bond donors (Lipinski definition) is 4. The quantitative estimate of drug-likeness (QED) is 0.0676. The van der Waals surface area contributed by atoms with Crippen LogP contribution in [0.1, 0.15) is 84.1 Å². The molecule has 4 unspecified atom stereocenters. The van der Waals surface area contributed by atoms with Crippen LogP contribution in [0.25, 0.3) is 32.9 Å². The summed E-state index contributed by atoms with van der Waals surface area (Å²) in [6.45, 7) is 8.00. The number of piperidine rings is 1. The van der Waals surface area contributed by atoms with Gasteiger partial charge in [0.2, 0.25) is 11.8 Å². The highest BCUT2D eigenvalue weighted by Gasteiger charge is 2.52. The minimum Gasteiger partial charge on any atom is -0.508 e. The van der Waals surface area contributed by atoms with E-state index in [1.54, 1.807) is 23.1 Å². The molecule has 2 bridgehead atoms. The molecule has 9 heterocycles. The topological polar surface area (TPSA) is 212 Å². The van der Waals surface area contributed by atoms with E-state index < -0.39 is 52.9 Å². The van der Waals surface area contributed by atoms with Crippen LogP contribution in [0.5, 0.6) is 11.8 Å². The second-order valence-electron chi connectivity index (χ2n) is 21.0. The molecule has 6 fully saturated rings. The number of fused-ring (bicyclic) bond motifs is 6. The van der Waals surface area contributed by atoms with Crippen LogP contribution in [-0.4, -0.2) is 147 Å².